The van der Waals surface area contributed by atoms with Crippen molar-refractivity contribution in [1.82, 2.24) is 5.32 Å². The summed E-state index contributed by atoms with van der Waals surface area (Å²) in [4.78, 5) is 22.7. The average Bonchev–Trinajstić information content (AvgIpc) is 3.19. The number of aliphatic hydroxyl groups is 12. The minimum atomic E-state index is -2.09. The van der Waals surface area contributed by atoms with Gasteiger partial charge in [0.1, 0.15) is 103 Å². The van der Waals surface area contributed by atoms with Crippen molar-refractivity contribution in [3.63, 3.8) is 0 Å². The van der Waals surface area contributed by atoms with Crippen molar-refractivity contribution >= 4 is 11.6 Å². The molecule has 13 N–H and O–H groups in total. The molecule has 4 saturated heterocycles. The lowest BCUT2D eigenvalue weighted by molar-refractivity contribution is -0.384. The van der Waals surface area contributed by atoms with E-state index in [1.807, 2.05) is 0 Å². The Hall–Kier alpha value is -2.87. The lowest BCUT2D eigenvalue weighted by atomic mass is 9.94. The molecule has 20 atom stereocenters. The summed E-state index contributed by atoms with van der Waals surface area (Å²) in [6, 6.07) is 2.97. The number of carbonyl (C=O) groups is 1. The van der Waals surface area contributed by atoms with Crippen LogP contribution in [0.25, 0.3) is 0 Å². The van der Waals surface area contributed by atoms with Crippen LogP contribution in [0, 0.1) is 10.1 Å². The van der Waals surface area contributed by atoms with Crippen LogP contribution in [0.15, 0.2) is 24.3 Å². The number of hydrogen-bond acceptors (Lipinski definition) is 23. The van der Waals surface area contributed by atoms with Crippen molar-refractivity contribution in [1.29, 1.82) is 0 Å². The first kappa shape index (κ1) is 45.2. The fourth-order valence-corrected chi connectivity index (χ4v) is 6.80. The third-order valence-electron chi connectivity index (χ3n) is 9.89. The zero-order valence-electron chi connectivity index (χ0n) is 30.0. The number of amides is 1. The van der Waals surface area contributed by atoms with Crippen LogP contribution < -0.4 is 10.1 Å². The predicted molar refractivity (Wildman–Crippen MR) is 177 cm³/mol. The SMILES string of the molecule is CC(=O)NC1C(OC2C(O)C(CO)OC(OC3C(CO)OC(Oc4ccc([N+](=O)[O-])cc4)C(O)C3O)C2O)OC(CO)C(O)C1OC1OC(CO)C(O)C(O)C1O. The van der Waals surface area contributed by atoms with Gasteiger partial charge in [0.25, 0.3) is 5.69 Å². The monoisotopic (exact) mass is 828 g/mol. The number of non-ortho nitro benzene ring substituents is 1. The number of nitrogens with one attached hydrogen (secondary N) is 1. The van der Waals surface area contributed by atoms with Crippen molar-refractivity contribution in [3.05, 3.63) is 34.4 Å². The highest BCUT2D eigenvalue weighted by atomic mass is 16.8. The molecule has 25 nitrogen and oxygen atoms in total. The number of nitro benzene ring substituents is 1. The predicted octanol–water partition coefficient (Wildman–Crippen LogP) is -7.61. The van der Waals surface area contributed by atoms with Crippen LogP contribution in [0.1, 0.15) is 6.92 Å². The summed E-state index contributed by atoms with van der Waals surface area (Å²) in [6.45, 7) is -2.53. The smallest absolute Gasteiger partial charge is 0.269 e. The van der Waals surface area contributed by atoms with E-state index in [0.717, 1.165) is 19.1 Å². The summed E-state index contributed by atoms with van der Waals surface area (Å²) >= 11 is 0. The number of hydrogen-bond donors (Lipinski definition) is 13. The van der Waals surface area contributed by atoms with E-state index in [0.29, 0.717) is 0 Å². The second kappa shape index (κ2) is 19.5. The molecule has 20 unspecified atom stereocenters. The average molecular weight is 829 g/mol. The zero-order valence-corrected chi connectivity index (χ0v) is 30.0. The van der Waals surface area contributed by atoms with Gasteiger partial charge in [-0.2, -0.15) is 0 Å². The molecule has 57 heavy (non-hydrogen) atoms. The quantitative estimate of drug-likeness (QED) is 0.0612. The van der Waals surface area contributed by atoms with Crippen molar-refractivity contribution in [3.8, 4) is 5.75 Å². The molecule has 4 fully saturated rings. The maximum Gasteiger partial charge on any atom is 0.269 e. The fourth-order valence-electron chi connectivity index (χ4n) is 6.80. The largest absolute Gasteiger partial charge is 0.462 e. The van der Waals surface area contributed by atoms with Crippen molar-refractivity contribution in [2.75, 3.05) is 26.4 Å². The van der Waals surface area contributed by atoms with Gasteiger partial charge in [0.05, 0.1) is 31.4 Å². The Morgan fingerprint density at radius 1 is 0.596 bits per heavy atom. The molecular weight excluding hydrogens is 780 g/mol. The third kappa shape index (κ3) is 9.79. The normalized spacial score (nSPS) is 43.9. The zero-order chi connectivity index (χ0) is 41.9. The number of rotatable bonds is 14. The van der Waals surface area contributed by atoms with Gasteiger partial charge >= 0.3 is 0 Å². The van der Waals surface area contributed by atoms with Crippen molar-refractivity contribution in [2.45, 2.75) is 130 Å². The molecule has 5 rings (SSSR count). The molecule has 0 radical (unpaired) electrons. The number of carbonyl (C=O) groups excluding carboxylic acids is 1. The molecule has 1 amide bonds. The van der Waals surface area contributed by atoms with Gasteiger partial charge in [-0.15, -0.1) is 0 Å². The summed E-state index contributed by atoms with van der Waals surface area (Å²) in [5.74, 6) is -0.800. The number of benzene rings is 1. The van der Waals surface area contributed by atoms with Gasteiger partial charge in [-0.1, -0.05) is 0 Å². The maximum atomic E-state index is 12.4. The molecule has 1 aromatic rings. The fraction of sp³-hybridized carbons (Fsp3) is 0.781. The second-order valence-electron chi connectivity index (χ2n) is 13.7. The van der Waals surface area contributed by atoms with Crippen molar-refractivity contribution < 1.29 is 109 Å². The van der Waals surface area contributed by atoms with Gasteiger partial charge in [0, 0.05) is 19.1 Å². The molecule has 0 aliphatic carbocycles. The first-order valence-electron chi connectivity index (χ1n) is 17.7. The molecule has 1 aromatic carbocycles. The third-order valence-corrected chi connectivity index (χ3v) is 9.89. The summed E-state index contributed by atoms with van der Waals surface area (Å²) < 4.78 is 45.2. The molecule has 0 spiro atoms. The van der Waals surface area contributed by atoms with Crippen LogP contribution in [-0.2, 0) is 38.0 Å². The van der Waals surface area contributed by atoms with Gasteiger partial charge in [-0.05, 0) is 12.1 Å². The van der Waals surface area contributed by atoms with Gasteiger partial charge in [0.2, 0.25) is 12.2 Å². The minimum absolute atomic E-state index is 0.0157. The maximum absolute atomic E-state index is 12.4. The van der Waals surface area contributed by atoms with Crippen LogP contribution in [0.3, 0.4) is 0 Å². The Bertz CT molecular complexity index is 1460. The van der Waals surface area contributed by atoms with E-state index in [2.05, 4.69) is 5.32 Å². The van der Waals surface area contributed by atoms with Crippen LogP contribution >= 0.6 is 0 Å². The van der Waals surface area contributed by atoms with E-state index in [4.69, 9.17) is 37.9 Å². The Balaban J connectivity index is 1.35. The molecule has 324 valence electrons. The highest BCUT2D eigenvalue weighted by Crippen LogP contribution is 2.35. The Kier molecular flexibility index (Phi) is 15.4. The Morgan fingerprint density at radius 3 is 1.60 bits per heavy atom. The standard InChI is InChI=1S/C32H48N2O23/c1-10(39)33-17-27(56-31-23(45)21(43)18(40)13(6-35)52-31)19(41)14(7-36)51-29(17)57-28-20(42)15(8-37)53-32(25(28)47)55-26-16(9-38)54-30(24(46)22(26)44)50-12-4-2-11(3-5-12)34(48)49/h2-5,13-32,35-38,40-47H,6-9H2,1H3,(H,33,39). The topological polar surface area (TPSA) is 389 Å². The Morgan fingerprint density at radius 2 is 1.05 bits per heavy atom. The van der Waals surface area contributed by atoms with Crippen LogP contribution in [0.4, 0.5) is 5.69 Å². The van der Waals surface area contributed by atoms with Crippen LogP contribution in [0.2, 0.25) is 0 Å². The first-order chi connectivity index (χ1) is 27.0. The molecule has 4 aliphatic heterocycles. The molecule has 4 aliphatic rings. The first-order valence-corrected chi connectivity index (χ1v) is 17.7. The summed E-state index contributed by atoms with van der Waals surface area (Å²) in [6.07, 6.45) is -34.2. The van der Waals surface area contributed by atoms with Gasteiger partial charge in [-0.25, -0.2) is 0 Å². The van der Waals surface area contributed by atoms with Crippen LogP contribution in [-0.4, -0.2) is 221 Å². The van der Waals surface area contributed by atoms with Gasteiger partial charge in [0.15, 0.2) is 18.9 Å². The van der Waals surface area contributed by atoms with Gasteiger partial charge in [-0.3, -0.25) is 14.9 Å². The van der Waals surface area contributed by atoms with Gasteiger partial charge < -0.3 is 104 Å². The second-order valence-corrected chi connectivity index (χ2v) is 13.7. The van der Waals surface area contributed by atoms with E-state index in [1.165, 1.54) is 12.1 Å². The molecular formula is C32H48N2O23. The molecule has 25 heteroatoms. The number of nitro groups is 1. The lowest BCUT2D eigenvalue weighted by Crippen LogP contribution is -2.70. The highest BCUT2D eigenvalue weighted by molar-refractivity contribution is 5.73. The summed E-state index contributed by atoms with van der Waals surface area (Å²) in [7, 11) is 0. The molecule has 4 heterocycles. The molecule has 0 aromatic heterocycles. The van der Waals surface area contributed by atoms with Crippen molar-refractivity contribution in [2.24, 2.45) is 0 Å². The number of ether oxygens (including phenoxy) is 8. The van der Waals surface area contributed by atoms with E-state index < -0.39 is 160 Å². The summed E-state index contributed by atoms with van der Waals surface area (Å²) in [5.41, 5.74) is -0.262. The number of aliphatic hydroxyl groups excluding tert-OH is 12. The van der Waals surface area contributed by atoms with E-state index in [9.17, 15) is 76.2 Å². The van der Waals surface area contributed by atoms with Crippen LogP contribution in [0.5, 0.6) is 5.75 Å². The molecule has 0 bridgehead atoms. The minimum Gasteiger partial charge on any atom is -0.462 e. The Labute approximate surface area is 322 Å². The highest BCUT2D eigenvalue weighted by Gasteiger charge is 2.56. The summed E-state index contributed by atoms with van der Waals surface area (Å²) in [5, 5.41) is 140. The van der Waals surface area contributed by atoms with E-state index in [-0.39, 0.29) is 11.4 Å². The number of nitrogens with zero attached hydrogens (tertiary/aromatic N) is 1. The van der Waals surface area contributed by atoms with E-state index >= 15 is 0 Å². The molecule has 0 saturated carbocycles. The van der Waals surface area contributed by atoms with E-state index in [1.54, 1.807) is 0 Å². The lowest BCUT2D eigenvalue weighted by Gasteiger charge is -2.50.